The monoisotopic (exact) mass is 277 g/mol. The molecule has 1 fully saturated rings. The first-order chi connectivity index (χ1) is 9.63. The Morgan fingerprint density at radius 1 is 1.45 bits per heavy atom. The highest BCUT2D eigenvalue weighted by atomic mass is 16.5. The van der Waals surface area contributed by atoms with Gasteiger partial charge in [0.25, 0.3) is 5.91 Å². The second kappa shape index (κ2) is 4.95. The van der Waals surface area contributed by atoms with E-state index in [-0.39, 0.29) is 17.5 Å². The maximum absolute atomic E-state index is 12.2. The minimum atomic E-state index is -0.295. The Morgan fingerprint density at radius 3 is 2.75 bits per heavy atom. The van der Waals surface area contributed by atoms with Gasteiger partial charge in [0.1, 0.15) is 11.6 Å². The lowest BCUT2D eigenvalue weighted by Gasteiger charge is -2.30. The number of carbonyl (C=O) groups is 1. The highest BCUT2D eigenvalue weighted by molar-refractivity contribution is 5.92. The average Bonchev–Trinajstić information content (AvgIpc) is 3.07. The van der Waals surface area contributed by atoms with Crippen LogP contribution in [-0.4, -0.2) is 44.2 Å². The van der Waals surface area contributed by atoms with Crippen LogP contribution in [0.5, 0.6) is 0 Å². The van der Waals surface area contributed by atoms with Crippen molar-refractivity contribution in [2.24, 2.45) is 0 Å². The van der Waals surface area contributed by atoms with Crippen LogP contribution in [0.3, 0.4) is 0 Å². The fourth-order valence-electron chi connectivity index (χ4n) is 2.46. The van der Waals surface area contributed by atoms with Gasteiger partial charge in [-0.25, -0.2) is 9.89 Å². The zero-order valence-electron chi connectivity index (χ0n) is 11.0. The normalized spacial score (nSPS) is 16.6. The van der Waals surface area contributed by atoms with Gasteiger partial charge in [0, 0.05) is 25.1 Å². The van der Waals surface area contributed by atoms with Crippen LogP contribution in [0.15, 0.2) is 15.4 Å². The molecule has 1 aliphatic rings. The van der Waals surface area contributed by atoms with Crippen molar-refractivity contribution in [2.45, 2.75) is 25.7 Å². The fourth-order valence-corrected chi connectivity index (χ4v) is 2.46. The molecule has 0 aliphatic carbocycles. The van der Waals surface area contributed by atoms with E-state index in [9.17, 15) is 9.59 Å². The Hall–Kier alpha value is -2.38. The summed E-state index contributed by atoms with van der Waals surface area (Å²) in [7, 11) is 0. The number of amides is 1. The molecule has 2 aromatic heterocycles. The third-order valence-electron chi connectivity index (χ3n) is 3.54. The standard InChI is InChI=1S/C12H15N5O3/c1-7-6-9(16-20-7)11(18)17-4-2-8(3-5-17)10-13-12(19)15-14-10/h6,8H,2-5H2,1H3,(H2,13,14,15,19). The van der Waals surface area contributed by atoms with E-state index in [4.69, 9.17) is 4.52 Å². The zero-order chi connectivity index (χ0) is 14.1. The highest BCUT2D eigenvalue weighted by Gasteiger charge is 2.27. The molecule has 8 heteroatoms. The van der Waals surface area contributed by atoms with Gasteiger partial charge in [0.2, 0.25) is 0 Å². The predicted octanol–water partition coefficient (Wildman–Crippen LogP) is 0.414. The van der Waals surface area contributed by atoms with Gasteiger partial charge in [-0.1, -0.05) is 5.16 Å². The third-order valence-corrected chi connectivity index (χ3v) is 3.54. The van der Waals surface area contributed by atoms with Crippen LogP contribution >= 0.6 is 0 Å². The lowest BCUT2D eigenvalue weighted by molar-refractivity contribution is 0.0700. The van der Waals surface area contributed by atoms with Gasteiger partial charge < -0.3 is 9.42 Å². The van der Waals surface area contributed by atoms with E-state index in [0.29, 0.717) is 30.4 Å². The largest absolute Gasteiger partial charge is 0.361 e. The SMILES string of the molecule is Cc1cc(C(=O)N2CCC(c3n[nH]c(=O)[nH]3)CC2)no1. The molecule has 20 heavy (non-hydrogen) atoms. The molecular weight excluding hydrogens is 262 g/mol. The van der Waals surface area contributed by atoms with E-state index in [1.165, 1.54) is 0 Å². The number of rotatable bonds is 2. The van der Waals surface area contributed by atoms with Crippen molar-refractivity contribution in [2.75, 3.05) is 13.1 Å². The van der Waals surface area contributed by atoms with E-state index in [0.717, 1.165) is 12.8 Å². The molecule has 0 radical (unpaired) electrons. The number of nitrogens with zero attached hydrogens (tertiary/aromatic N) is 3. The molecular formula is C12H15N5O3. The minimum Gasteiger partial charge on any atom is -0.361 e. The molecule has 1 aliphatic heterocycles. The summed E-state index contributed by atoms with van der Waals surface area (Å²) in [6, 6.07) is 1.64. The Balaban J connectivity index is 1.64. The molecule has 2 aromatic rings. The smallest absolute Gasteiger partial charge is 0.340 e. The van der Waals surface area contributed by atoms with Crippen molar-refractivity contribution in [3.05, 3.63) is 33.8 Å². The molecule has 1 amide bonds. The molecule has 0 unspecified atom stereocenters. The maximum atomic E-state index is 12.2. The predicted molar refractivity (Wildman–Crippen MR) is 68.3 cm³/mol. The number of piperidine rings is 1. The average molecular weight is 277 g/mol. The van der Waals surface area contributed by atoms with Gasteiger partial charge in [-0.3, -0.25) is 9.78 Å². The Morgan fingerprint density at radius 2 is 2.20 bits per heavy atom. The number of H-pyrrole nitrogens is 2. The number of aryl methyl sites for hydroxylation is 1. The first-order valence-corrected chi connectivity index (χ1v) is 6.50. The molecule has 2 N–H and O–H groups in total. The second-order valence-corrected chi connectivity index (χ2v) is 4.95. The summed E-state index contributed by atoms with van der Waals surface area (Å²) in [6.45, 7) is 2.98. The first-order valence-electron chi connectivity index (χ1n) is 6.50. The summed E-state index contributed by atoms with van der Waals surface area (Å²) in [5, 5.41) is 10.1. The fraction of sp³-hybridized carbons (Fsp3) is 0.500. The number of carbonyl (C=O) groups excluding carboxylic acids is 1. The van der Waals surface area contributed by atoms with Gasteiger partial charge >= 0.3 is 5.69 Å². The highest BCUT2D eigenvalue weighted by Crippen LogP contribution is 2.25. The quantitative estimate of drug-likeness (QED) is 0.826. The molecule has 1 saturated heterocycles. The van der Waals surface area contributed by atoms with E-state index >= 15 is 0 Å². The van der Waals surface area contributed by atoms with Gasteiger partial charge in [-0.2, -0.15) is 5.10 Å². The number of likely N-dealkylation sites (tertiary alicyclic amines) is 1. The zero-order valence-corrected chi connectivity index (χ0v) is 11.0. The maximum Gasteiger partial charge on any atom is 0.340 e. The van der Waals surface area contributed by atoms with Crippen LogP contribution in [0.4, 0.5) is 0 Å². The molecule has 106 valence electrons. The molecule has 8 nitrogen and oxygen atoms in total. The molecule has 0 saturated carbocycles. The van der Waals surface area contributed by atoms with Crippen molar-refractivity contribution in [3.63, 3.8) is 0 Å². The number of hydrogen-bond donors (Lipinski definition) is 2. The number of aromatic amines is 2. The topological polar surface area (TPSA) is 108 Å². The third kappa shape index (κ3) is 2.36. The van der Waals surface area contributed by atoms with Gasteiger partial charge in [0.05, 0.1) is 0 Å². The first kappa shape index (κ1) is 12.6. The van der Waals surface area contributed by atoms with Crippen molar-refractivity contribution in [1.82, 2.24) is 25.2 Å². The Labute approximate surface area is 114 Å². The molecule has 0 spiro atoms. The van der Waals surface area contributed by atoms with Gasteiger partial charge in [-0.05, 0) is 19.8 Å². The van der Waals surface area contributed by atoms with Crippen molar-refractivity contribution < 1.29 is 9.32 Å². The Kier molecular flexibility index (Phi) is 3.13. The van der Waals surface area contributed by atoms with E-state index < -0.39 is 0 Å². The van der Waals surface area contributed by atoms with Crippen LogP contribution in [0.1, 0.15) is 40.8 Å². The summed E-state index contributed by atoms with van der Waals surface area (Å²) in [5.74, 6) is 1.35. The van der Waals surface area contributed by atoms with Crippen LogP contribution < -0.4 is 5.69 Å². The van der Waals surface area contributed by atoms with Crippen molar-refractivity contribution in [3.8, 4) is 0 Å². The molecule has 3 rings (SSSR count). The Bertz CT molecular complexity index is 662. The molecule has 0 aromatic carbocycles. The summed E-state index contributed by atoms with van der Waals surface area (Å²) >= 11 is 0. The summed E-state index contributed by atoms with van der Waals surface area (Å²) in [5.41, 5.74) is 0.0469. The van der Waals surface area contributed by atoms with Crippen molar-refractivity contribution in [1.29, 1.82) is 0 Å². The number of nitrogens with one attached hydrogen (secondary N) is 2. The molecule has 0 bridgehead atoms. The number of hydrogen-bond acceptors (Lipinski definition) is 5. The van der Waals surface area contributed by atoms with Crippen LogP contribution in [0, 0.1) is 6.92 Å². The van der Waals surface area contributed by atoms with Gasteiger partial charge in [0.15, 0.2) is 5.69 Å². The van der Waals surface area contributed by atoms with Crippen molar-refractivity contribution >= 4 is 5.91 Å². The van der Waals surface area contributed by atoms with E-state index in [2.05, 4.69) is 20.3 Å². The number of aromatic nitrogens is 4. The lowest BCUT2D eigenvalue weighted by Crippen LogP contribution is -2.38. The van der Waals surface area contributed by atoms with E-state index in [1.54, 1.807) is 17.9 Å². The lowest BCUT2D eigenvalue weighted by atomic mass is 9.96. The van der Waals surface area contributed by atoms with Gasteiger partial charge in [-0.15, -0.1) is 0 Å². The molecule has 0 atom stereocenters. The minimum absolute atomic E-state index is 0.115. The van der Waals surface area contributed by atoms with E-state index in [1.807, 2.05) is 0 Å². The van der Waals surface area contributed by atoms with Crippen LogP contribution in [0.25, 0.3) is 0 Å². The molecule has 3 heterocycles. The summed E-state index contributed by atoms with van der Waals surface area (Å²) in [6.07, 6.45) is 1.53. The second-order valence-electron chi connectivity index (χ2n) is 4.95. The summed E-state index contributed by atoms with van der Waals surface area (Å²) < 4.78 is 4.92. The van der Waals surface area contributed by atoms with Crippen LogP contribution in [-0.2, 0) is 0 Å². The van der Waals surface area contributed by atoms with Crippen LogP contribution in [0.2, 0.25) is 0 Å². The summed E-state index contributed by atoms with van der Waals surface area (Å²) in [4.78, 5) is 27.6.